The molecule has 6 heteroatoms. The van der Waals surface area contributed by atoms with Gasteiger partial charge in [0.05, 0.1) is 17.6 Å². The maximum Gasteiger partial charge on any atom is 0.206 e. The standard InChI is InChI=1S/C9H10N4O.ClH/c1-7-9(10)6-13(11-7)8-3-2-4-12(14)5-8;/h2-6H,10H2,1H3;1H. The number of hydrogen-bond donors (Lipinski definition) is 1. The predicted molar refractivity (Wildman–Crippen MR) is 58.9 cm³/mol. The summed E-state index contributed by atoms with van der Waals surface area (Å²) in [7, 11) is 0. The minimum atomic E-state index is 0. The zero-order chi connectivity index (χ0) is 10.1. The van der Waals surface area contributed by atoms with Crippen molar-refractivity contribution in [2.75, 3.05) is 5.73 Å². The Morgan fingerprint density at radius 3 is 2.80 bits per heavy atom. The molecule has 0 spiro atoms. The van der Waals surface area contributed by atoms with Gasteiger partial charge in [-0.2, -0.15) is 9.83 Å². The summed E-state index contributed by atoms with van der Waals surface area (Å²) in [6.45, 7) is 1.82. The van der Waals surface area contributed by atoms with Gasteiger partial charge < -0.3 is 10.9 Å². The maximum absolute atomic E-state index is 11.0. The van der Waals surface area contributed by atoms with E-state index in [1.165, 1.54) is 12.4 Å². The summed E-state index contributed by atoms with van der Waals surface area (Å²) in [5.41, 5.74) is 7.72. The third-order valence-corrected chi connectivity index (χ3v) is 1.96. The second-order valence-electron chi connectivity index (χ2n) is 3.04. The number of hydrogen-bond acceptors (Lipinski definition) is 3. The van der Waals surface area contributed by atoms with E-state index in [4.69, 9.17) is 5.73 Å². The van der Waals surface area contributed by atoms with Crippen molar-refractivity contribution < 1.29 is 4.73 Å². The molecule has 0 unspecified atom stereocenters. The van der Waals surface area contributed by atoms with Crippen LogP contribution in [0.5, 0.6) is 0 Å². The molecule has 0 saturated carbocycles. The van der Waals surface area contributed by atoms with E-state index in [0.29, 0.717) is 11.4 Å². The summed E-state index contributed by atoms with van der Waals surface area (Å²) < 4.78 is 2.31. The topological polar surface area (TPSA) is 70.8 Å². The molecule has 0 aromatic carbocycles. The lowest BCUT2D eigenvalue weighted by Gasteiger charge is -1.99. The Balaban J connectivity index is 0.00000112. The number of anilines is 1. The van der Waals surface area contributed by atoms with Crippen molar-refractivity contribution in [3.63, 3.8) is 0 Å². The third kappa shape index (κ3) is 2.19. The molecule has 0 aliphatic carbocycles. The van der Waals surface area contributed by atoms with Crippen LogP contribution in [0.4, 0.5) is 5.69 Å². The van der Waals surface area contributed by atoms with E-state index in [2.05, 4.69) is 5.10 Å². The molecule has 2 aromatic heterocycles. The van der Waals surface area contributed by atoms with E-state index in [-0.39, 0.29) is 12.4 Å². The Kier molecular flexibility index (Phi) is 3.16. The largest absolute Gasteiger partial charge is 0.619 e. The second kappa shape index (κ2) is 4.18. The molecule has 0 saturated heterocycles. The number of nitrogens with zero attached hydrogens (tertiary/aromatic N) is 3. The fraction of sp³-hybridized carbons (Fsp3) is 0.111. The number of aromatic nitrogens is 3. The highest BCUT2D eigenvalue weighted by Crippen LogP contribution is 2.11. The Morgan fingerprint density at radius 2 is 2.27 bits per heavy atom. The van der Waals surface area contributed by atoms with Crippen LogP contribution < -0.4 is 10.5 Å². The highest BCUT2D eigenvalue weighted by atomic mass is 35.5. The number of rotatable bonds is 1. The first-order valence-electron chi connectivity index (χ1n) is 4.18. The van der Waals surface area contributed by atoms with Crippen LogP contribution in [-0.2, 0) is 0 Å². The van der Waals surface area contributed by atoms with Crippen molar-refractivity contribution in [3.8, 4) is 5.69 Å². The molecule has 0 aliphatic rings. The van der Waals surface area contributed by atoms with Gasteiger partial charge in [0.15, 0.2) is 6.20 Å². The van der Waals surface area contributed by atoms with Gasteiger partial charge in [0.2, 0.25) is 6.20 Å². The number of nitrogen functional groups attached to an aromatic ring is 1. The van der Waals surface area contributed by atoms with E-state index in [1.807, 2.05) is 6.92 Å². The Labute approximate surface area is 93.1 Å². The van der Waals surface area contributed by atoms with Gasteiger partial charge in [-0.3, -0.25) is 0 Å². The van der Waals surface area contributed by atoms with Crippen LogP contribution >= 0.6 is 12.4 Å². The molecule has 0 amide bonds. The van der Waals surface area contributed by atoms with Gasteiger partial charge in [-0.25, -0.2) is 4.68 Å². The van der Waals surface area contributed by atoms with Crippen molar-refractivity contribution >= 4 is 18.1 Å². The van der Waals surface area contributed by atoms with Crippen LogP contribution in [0.3, 0.4) is 0 Å². The molecule has 0 fully saturated rings. The van der Waals surface area contributed by atoms with Crippen molar-refractivity contribution in [1.29, 1.82) is 0 Å². The monoisotopic (exact) mass is 226 g/mol. The lowest BCUT2D eigenvalue weighted by Crippen LogP contribution is -2.25. The smallest absolute Gasteiger partial charge is 0.206 e. The first-order chi connectivity index (χ1) is 6.66. The molecule has 2 aromatic rings. The molecule has 0 bridgehead atoms. The normalized spacial score (nSPS) is 9.67. The van der Waals surface area contributed by atoms with Crippen LogP contribution in [-0.4, -0.2) is 9.78 Å². The first-order valence-corrected chi connectivity index (χ1v) is 4.18. The Bertz CT molecular complexity index is 449. The molecular weight excluding hydrogens is 216 g/mol. The average molecular weight is 227 g/mol. The van der Waals surface area contributed by atoms with Crippen LogP contribution in [0, 0.1) is 12.1 Å². The molecule has 0 atom stereocenters. The molecule has 2 N–H and O–H groups in total. The van der Waals surface area contributed by atoms with E-state index < -0.39 is 0 Å². The van der Waals surface area contributed by atoms with E-state index in [9.17, 15) is 5.21 Å². The summed E-state index contributed by atoms with van der Waals surface area (Å²) in [6, 6.07) is 3.45. The summed E-state index contributed by atoms with van der Waals surface area (Å²) in [6.07, 6.45) is 4.54. The van der Waals surface area contributed by atoms with Gasteiger partial charge in [0.25, 0.3) is 0 Å². The average Bonchev–Trinajstić information content (AvgIpc) is 2.47. The van der Waals surface area contributed by atoms with Crippen molar-refractivity contribution in [3.05, 3.63) is 41.6 Å². The molecule has 0 radical (unpaired) electrons. The van der Waals surface area contributed by atoms with Gasteiger partial charge in [0.1, 0.15) is 5.69 Å². The van der Waals surface area contributed by atoms with E-state index >= 15 is 0 Å². The van der Waals surface area contributed by atoms with Gasteiger partial charge >= 0.3 is 0 Å². The minimum Gasteiger partial charge on any atom is -0.619 e. The summed E-state index contributed by atoms with van der Waals surface area (Å²) >= 11 is 0. The summed E-state index contributed by atoms with van der Waals surface area (Å²) in [4.78, 5) is 0. The van der Waals surface area contributed by atoms with E-state index in [1.54, 1.807) is 23.0 Å². The summed E-state index contributed by atoms with van der Waals surface area (Å²) in [5, 5.41) is 15.2. The fourth-order valence-corrected chi connectivity index (χ4v) is 1.18. The van der Waals surface area contributed by atoms with Crippen LogP contribution in [0.2, 0.25) is 0 Å². The Morgan fingerprint density at radius 1 is 1.53 bits per heavy atom. The SMILES string of the molecule is Cc1nn(-c2ccc[n+]([O-])c2)cc1N.Cl. The highest BCUT2D eigenvalue weighted by Gasteiger charge is 2.04. The van der Waals surface area contributed by atoms with Crippen LogP contribution in [0.1, 0.15) is 5.69 Å². The molecule has 2 heterocycles. The molecule has 2 rings (SSSR count). The molecule has 5 nitrogen and oxygen atoms in total. The number of nitrogens with two attached hydrogens (primary N) is 1. The van der Waals surface area contributed by atoms with Crippen LogP contribution in [0.15, 0.2) is 30.7 Å². The second-order valence-corrected chi connectivity index (χ2v) is 3.04. The fourth-order valence-electron chi connectivity index (χ4n) is 1.18. The number of aryl methyl sites for hydroxylation is 1. The van der Waals surface area contributed by atoms with Crippen molar-refractivity contribution in [2.45, 2.75) is 6.92 Å². The maximum atomic E-state index is 11.0. The molecule has 0 aliphatic heterocycles. The first kappa shape index (κ1) is 11.3. The quantitative estimate of drug-likeness (QED) is 0.578. The Hall–Kier alpha value is -1.75. The molecule has 15 heavy (non-hydrogen) atoms. The third-order valence-electron chi connectivity index (χ3n) is 1.96. The predicted octanol–water partition coefficient (Wildman–Crippen LogP) is 0.818. The lowest BCUT2D eigenvalue weighted by atomic mass is 10.4. The lowest BCUT2D eigenvalue weighted by molar-refractivity contribution is -0.605. The van der Waals surface area contributed by atoms with Gasteiger partial charge in [-0.05, 0) is 13.0 Å². The van der Waals surface area contributed by atoms with Crippen LogP contribution in [0.25, 0.3) is 5.69 Å². The summed E-state index contributed by atoms with van der Waals surface area (Å²) in [5.74, 6) is 0. The zero-order valence-corrected chi connectivity index (χ0v) is 8.94. The van der Waals surface area contributed by atoms with Crippen molar-refractivity contribution in [2.24, 2.45) is 0 Å². The highest BCUT2D eigenvalue weighted by molar-refractivity contribution is 5.85. The number of pyridine rings is 1. The minimum absolute atomic E-state index is 0. The zero-order valence-electron chi connectivity index (χ0n) is 8.12. The van der Waals surface area contributed by atoms with Gasteiger partial charge in [-0.15, -0.1) is 12.4 Å². The van der Waals surface area contributed by atoms with Gasteiger partial charge in [0, 0.05) is 6.07 Å². The van der Waals surface area contributed by atoms with Crippen molar-refractivity contribution in [1.82, 2.24) is 9.78 Å². The van der Waals surface area contributed by atoms with E-state index in [0.717, 1.165) is 10.4 Å². The van der Waals surface area contributed by atoms with Gasteiger partial charge in [-0.1, -0.05) is 0 Å². The molecule has 80 valence electrons. The molecular formula is C9H11ClN4O. The number of halogens is 1.